The Morgan fingerprint density at radius 3 is 1.61 bits per heavy atom. The van der Waals surface area contributed by atoms with Crippen molar-refractivity contribution in [3.05, 3.63) is 53.6 Å². The molecule has 0 spiro atoms. The van der Waals surface area contributed by atoms with E-state index in [1.807, 2.05) is 13.8 Å². The van der Waals surface area contributed by atoms with Crippen LogP contribution in [0.15, 0.2) is 47.4 Å². The van der Waals surface area contributed by atoms with Crippen molar-refractivity contribution < 1.29 is 76.2 Å². The molecule has 0 unspecified atom stereocenters. The second-order valence-electron chi connectivity index (χ2n) is 15.9. The zero-order valence-electron chi connectivity index (χ0n) is 42.6. The van der Waals surface area contributed by atoms with Crippen LogP contribution in [0.3, 0.4) is 0 Å². The summed E-state index contributed by atoms with van der Waals surface area (Å²) in [6, 6.07) is 1.77. The fourth-order valence-corrected chi connectivity index (χ4v) is 6.45. The van der Waals surface area contributed by atoms with E-state index >= 15 is 0 Å². The van der Waals surface area contributed by atoms with Gasteiger partial charge in [-0.15, -0.1) is 0 Å². The number of fused-ring (bicyclic) bond motifs is 1. The molecule has 4 N–H and O–H groups in total. The van der Waals surface area contributed by atoms with Crippen LogP contribution in [0.2, 0.25) is 0 Å². The van der Waals surface area contributed by atoms with Gasteiger partial charge in [0.05, 0.1) is 150 Å². The third kappa shape index (κ3) is 25.5. The van der Waals surface area contributed by atoms with Gasteiger partial charge in [0, 0.05) is 79.9 Å². The van der Waals surface area contributed by atoms with Crippen LogP contribution in [0, 0.1) is 0 Å². The monoisotopic (exact) mass is 1040 g/mol. The van der Waals surface area contributed by atoms with Crippen molar-refractivity contribution in [1.29, 1.82) is 0 Å². The highest BCUT2D eigenvalue weighted by atomic mass is 16.7. The zero-order chi connectivity index (χ0) is 52.9. The number of pyridine rings is 1. The van der Waals surface area contributed by atoms with Gasteiger partial charge in [-0.2, -0.15) is 0 Å². The lowest BCUT2D eigenvalue weighted by Crippen LogP contribution is -2.41. The van der Waals surface area contributed by atoms with Gasteiger partial charge in [-0.3, -0.25) is 38.7 Å². The second kappa shape index (κ2) is 37.9. The molecule has 2 aromatic rings. The predicted octanol–water partition coefficient (Wildman–Crippen LogP) is 0.718. The van der Waals surface area contributed by atoms with Gasteiger partial charge in [-0.1, -0.05) is 6.92 Å². The van der Waals surface area contributed by atoms with Crippen molar-refractivity contribution in [2.45, 2.75) is 39.7 Å². The lowest BCUT2D eigenvalue weighted by Gasteiger charge is -2.21. The molecule has 0 aromatic carbocycles. The first-order valence-electron chi connectivity index (χ1n) is 24.8. The van der Waals surface area contributed by atoms with Crippen molar-refractivity contribution in [3.63, 3.8) is 0 Å². The number of nitrogens with two attached hydrogens (primary N) is 1. The van der Waals surface area contributed by atoms with Crippen LogP contribution in [0.1, 0.15) is 44.4 Å². The van der Waals surface area contributed by atoms with Crippen LogP contribution in [0.25, 0.3) is 17.5 Å². The van der Waals surface area contributed by atoms with E-state index in [9.17, 15) is 24.0 Å². The predicted molar refractivity (Wildman–Crippen MR) is 266 cm³/mol. The van der Waals surface area contributed by atoms with E-state index in [1.165, 1.54) is 5.06 Å². The molecule has 4 heterocycles. The standard InChI is InChI=1S/C49H73N9O16/c1-3-9-58(74-4-2)49(63)39-30-41-42(56-43(50)32-39)31-40(36-52-41)48-54-34-38(35-55-48)33-53-44(59)7-10-64-12-14-66-16-18-68-20-22-70-24-26-72-28-29-73-27-25-71-23-21-69-19-17-67-15-13-65-11-8-51-45(60)37-57-46(61)5-6-47(57)62/h5-6,30-31,34-36H,3-4,7-29,32-33,37H2,1-2H3,(H2,50,56)(H,51,60)(H,53,59). The molecule has 410 valence electrons. The zero-order valence-corrected chi connectivity index (χ0v) is 42.6. The van der Waals surface area contributed by atoms with Gasteiger partial charge in [0.25, 0.3) is 17.7 Å². The number of hydrogen-bond donors (Lipinski definition) is 3. The Morgan fingerprint density at radius 1 is 0.635 bits per heavy atom. The Hall–Kier alpha value is -5.71. The Bertz CT molecular complexity index is 2050. The first-order valence-corrected chi connectivity index (χ1v) is 24.8. The number of carbonyl (C=O) groups is 5. The van der Waals surface area contributed by atoms with Gasteiger partial charge < -0.3 is 63.7 Å². The van der Waals surface area contributed by atoms with Gasteiger partial charge >= 0.3 is 0 Å². The van der Waals surface area contributed by atoms with Crippen LogP contribution < -0.4 is 16.4 Å². The summed E-state index contributed by atoms with van der Waals surface area (Å²) in [5.41, 5.74) is 8.97. The van der Waals surface area contributed by atoms with Crippen LogP contribution in [-0.4, -0.2) is 219 Å². The quantitative estimate of drug-likeness (QED) is 0.0468. The number of amidine groups is 1. The van der Waals surface area contributed by atoms with Crippen molar-refractivity contribution >= 4 is 47.1 Å². The maximum atomic E-state index is 13.2. The van der Waals surface area contributed by atoms with Gasteiger partial charge in [0.2, 0.25) is 11.8 Å². The molecule has 74 heavy (non-hydrogen) atoms. The molecular formula is C49H73N9O16. The summed E-state index contributed by atoms with van der Waals surface area (Å²) < 4.78 is 54.8. The van der Waals surface area contributed by atoms with Gasteiger partial charge in [-0.05, 0) is 25.5 Å². The molecule has 0 aliphatic carbocycles. The van der Waals surface area contributed by atoms with E-state index in [1.54, 1.807) is 30.7 Å². The number of aliphatic imine (C=N–C) groups is 1. The van der Waals surface area contributed by atoms with Crippen LogP contribution >= 0.6 is 0 Å². The van der Waals surface area contributed by atoms with Gasteiger partial charge in [-0.25, -0.2) is 20.0 Å². The Balaban J connectivity index is 0.848. The van der Waals surface area contributed by atoms with E-state index in [2.05, 4.69) is 30.6 Å². The SMILES string of the molecule is CCCN(OCC)C(=O)C1=Cc2ncc(-c3ncc(CNC(=O)CCOCCOCCOCCOCCOCCOCCOCCOCCOCCOCCNC(=O)CN4C(=O)C=CC4=O)cn3)cc2N=C(N)C1. The number of nitrogens with zero attached hydrogens (tertiary/aromatic N) is 6. The number of hydrogen-bond acceptors (Lipinski definition) is 21. The molecule has 2 aliphatic heterocycles. The number of imide groups is 1. The van der Waals surface area contributed by atoms with Crippen molar-refractivity contribution in [1.82, 2.24) is 35.5 Å². The highest BCUT2D eigenvalue weighted by Gasteiger charge is 2.26. The fourth-order valence-electron chi connectivity index (χ4n) is 6.45. The Labute approximate surface area is 431 Å². The minimum absolute atomic E-state index is 0.164. The topological polar surface area (TPSA) is 294 Å². The number of amides is 5. The lowest BCUT2D eigenvalue weighted by atomic mass is 10.1. The number of nitrogens with one attached hydrogen (secondary N) is 2. The summed E-state index contributed by atoms with van der Waals surface area (Å²) in [7, 11) is 0. The lowest BCUT2D eigenvalue weighted by molar-refractivity contribution is -0.180. The van der Waals surface area contributed by atoms with Crippen molar-refractivity contribution in [3.8, 4) is 11.4 Å². The first-order chi connectivity index (χ1) is 36.2. The molecular weight excluding hydrogens is 971 g/mol. The molecule has 2 aromatic heterocycles. The van der Waals surface area contributed by atoms with Gasteiger partial charge in [0.15, 0.2) is 5.82 Å². The molecule has 0 radical (unpaired) electrons. The summed E-state index contributed by atoms with van der Waals surface area (Å²) in [4.78, 5) is 84.6. The molecule has 4 rings (SSSR count). The summed E-state index contributed by atoms with van der Waals surface area (Å²) in [5, 5.41) is 6.78. The highest BCUT2D eigenvalue weighted by Crippen LogP contribution is 2.29. The molecule has 25 nitrogen and oxygen atoms in total. The van der Waals surface area contributed by atoms with Gasteiger partial charge in [0.1, 0.15) is 12.4 Å². The summed E-state index contributed by atoms with van der Waals surface area (Å²) in [6.07, 6.45) is 9.93. The molecule has 0 saturated carbocycles. The number of ether oxygens (including phenoxy) is 10. The van der Waals surface area contributed by atoms with Crippen LogP contribution in [0.4, 0.5) is 5.69 Å². The smallest absolute Gasteiger partial charge is 0.273 e. The Kier molecular flexibility index (Phi) is 31.2. The third-order valence-corrected chi connectivity index (χ3v) is 10.1. The minimum atomic E-state index is -0.500. The van der Waals surface area contributed by atoms with E-state index in [-0.39, 0.29) is 63.3 Å². The van der Waals surface area contributed by atoms with Crippen LogP contribution in [-0.2, 0) is 82.7 Å². The molecule has 2 aliphatic rings. The van der Waals surface area contributed by atoms with Crippen molar-refractivity contribution in [2.24, 2.45) is 10.7 Å². The van der Waals surface area contributed by atoms with E-state index in [0.717, 1.165) is 29.0 Å². The van der Waals surface area contributed by atoms with E-state index < -0.39 is 17.7 Å². The maximum absolute atomic E-state index is 13.2. The molecule has 25 heteroatoms. The Morgan fingerprint density at radius 2 is 1.12 bits per heavy atom. The third-order valence-electron chi connectivity index (χ3n) is 10.1. The minimum Gasteiger partial charge on any atom is -0.387 e. The summed E-state index contributed by atoms with van der Waals surface area (Å²) >= 11 is 0. The molecule has 5 amide bonds. The van der Waals surface area contributed by atoms with Crippen molar-refractivity contribution in [2.75, 3.05) is 158 Å². The number of carbonyl (C=O) groups excluding carboxylic acids is 5. The second-order valence-corrected chi connectivity index (χ2v) is 15.9. The average Bonchev–Trinajstić information content (AvgIpc) is 3.60. The highest BCUT2D eigenvalue weighted by molar-refractivity contribution is 6.14. The van der Waals surface area contributed by atoms with E-state index in [4.69, 9.17) is 57.9 Å². The number of rotatable bonds is 43. The molecule has 0 saturated heterocycles. The normalized spacial score (nSPS) is 13.2. The maximum Gasteiger partial charge on any atom is 0.273 e. The average molecular weight is 1040 g/mol. The fraction of sp³-hybridized carbons (Fsp3) is 0.612. The largest absolute Gasteiger partial charge is 0.387 e. The molecule has 0 atom stereocenters. The van der Waals surface area contributed by atoms with Crippen LogP contribution in [0.5, 0.6) is 0 Å². The first kappa shape index (κ1) is 60.8. The number of hydroxylamine groups is 2. The van der Waals surface area contributed by atoms with E-state index in [0.29, 0.717) is 160 Å². The summed E-state index contributed by atoms with van der Waals surface area (Å²) in [6.45, 7) is 12.8. The molecule has 0 fully saturated rings. The summed E-state index contributed by atoms with van der Waals surface area (Å²) in [5.74, 6) is -1.18. The molecule has 0 bridgehead atoms. The number of aromatic nitrogens is 3.